The summed E-state index contributed by atoms with van der Waals surface area (Å²) < 4.78 is 50.4. The number of ether oxygens (including phenoxy) is 1. The summed E-state index contributed by atoms with van der Waals surface area (Å²) in [4.78, 5) is 37.4. The maximum atomic E-state index is 15.3. The van der Waals surface area contributed by atoms with Crippen LogP contribution in [0, 0.1) is 24.1 Å². The van der Waals surface area contributed by atoms with Gasteiger partial charge in [0.25, 0.3) is 5.92 Å². The lowest BCUT2D eigenvalue weighted by Crippen LogP contribution is -2.44. The number of aliphatic carboxylic acids is 1. The number of carboxylic acid groups (broad SMARTS) is 1. The Kier molecular flexibility index (Phi) is 7.72. The predicted octanol–water partition coefficient (Wildman–Crippen LogP) is 3.47. The molecule has 3 aliphatic rings. The van der Waals surface area contributed by atoms with E-state index < -0.39 is 53.6 Å². The van der Waals surface area contributed by atoms with Crippen LogP contribution in [-0.4, -0.2) is 89.5 Å². The van der Waals surface area contributed by atoms with Crippen LogP contribution in [0.15, 0.2) is 46.0 Å². The van der Waals surface area contributed by atoms with E-state index in [9.17, 15) is 19.1 Å². The molecule has 220 valence electrons. The molecule has 0 radical (unpaired) electrons. The van der Waals surface area contributed by atoms with Crippen LogP contribution in [0.25, 0.3) is 0 Å². The Bertz CT molecular complexity index is 1410. The average Bonchev–Trinajstić information content (AvgIpc) is 3.63. The number of esters is 1. The molecule has 1 aromatic carbocycles. The van der Waals surface area contributed by atoms with Gasteiger partial charge in [-0.05, 0) is 38.0 Å². The van der Waals surface area contributed by atoms with Crippen LogP contribution in [0.1, 0.15) is 36.0 Å². The normalized spacial score (nSPS) is 24.7. The van der Waals surface area contributed by atoms with Crippen molar-refractivity contribution in [1.82, 2.24) is 20.1 Å². The fraction of sp³-hybridized carbons (Fsp3) is 0.500. The Morgan fingerprint density at radius 2 is 2.05 bits per heavy atom. The molecule has 1 aromatic heterocycles. The minimum atomic E-state index is -3.02. The highest BCUT2D eigenvalue weighted by atomic mass is 32.1. The van der Waals surface area contributed by atoms with Crippen LogP contribution in [0.3, 0.4) is 0 Å². The first-order valence-corrected chi connectivity index (χ1v) is 14.1. The first-order valence-electron chi connectivity index (χ1n) is 13.2. The molecule has 3 atom stereocenters. The number of aliphatic imine (C=N–C) groups is 1. The molecule has 9 nitrogen and oxygen atoms in total. The van der Waals surface area contributed by atoms with Crippen molar-refractivity contribution in [3.63, 3.8) is 0 Å². The van der Waals surface area contributed by atoms with Crippen molar-refractivity contribution in [2.24, 2.45) is 16.3 Å². The molecule has 2 N–H and O–H groups in total. The van der Waals surface area contributed by atoms with Gasteiger partial charge in [0.15, 0.2) is 10.8 Å². The highest BCUT2D eigenvalue weighted by molar-refractivity contribution is 7.11. The van der Waals surface area contributed by atoms with Crippen molar-refractivity contribution < 1.29 is 32.6 Å². The number of carboxylic acids is 1. The highest BCUT2D eigenvalue weighted by Crippen LogP contribution is 2.44. The van der Waals surface area contributed by atoms with E-state index in [1.54, 1.807) is 48.2 Å². The topological polar surface area (TPSA) is 107 Å². The fourth-order valence-electron chi connectivity index (χ4n) is 5.95. The molecular weight excluding hydrogens is 559 g/mol. The number of hydrogen-bond acceptors (Lipinski definition) is 9. The molecule has 0 spiro atoms. The lowest BCUT2D eigenvalue weighted by molar-refractivity contribution is -0.148. The number of methoxy groups -OCH3 is 1. The smallest absolute Gasteiger partial charge is 0.338 e. The van der Waals surface area contributed by atoms with E-state index in [2.05, 4.69) is 10.3 Å². The Morgan fingerprint density at radius 3 is 2.71 bits per heavy atom. The third-order valence-corrected chi connectivity index (χ3v) is 8.90. The van der Waals surface area contributed by atoms with Gasteiger partial charge in [-0.2, -0.15) is 0 Å². The maximum absolute atomic E-state index is 15.3. The standard InChI is InChI=1S/C28H32F3N5O4S/c1-15-16(6-5-7-18(15)29)22-21(25(37)40-4)19(33-23(34-22)24-32-8-9-41-24)11-36-14-28(30,31)17-10-35(12-20(17)36)13-27(2,3)26(38)39/h5-9,17,20,22H,10-14H2,1-4H3,(H,33,34)(H,38,39)/t17-,20+,22?/m1/s1. The monoisotopic (exact) mass is 591 g/mol. The number of nitrogens with zero attached hydrogens (tertiary/aromatic N) is 4. The molecule has 2 fully saturated rings. The summed E-state index contributed by atoms with van der Waals surface area (Å²) in [6.07, 6.45) is 1.60. The Balaban J connectivity index is 1.53. The number of aromatic nitrogens is 1. The summed E-state index contributed by atoms with van der Waals surface area (Å²) in [6, 6.07) is 3.00. The van der Waals surface area contributed by atoms with Crippen molar-refractivity contribution in [1.29, 1.82) is 0 Å². The van der Waals surface area contributed by atoms with E-state index in [4.69, 9.17) is 9.73 Å². The molecule has 13 heteroatoms. The van der Waals surface area contributed by atoms with E-state index in [-0.39, 0.29) is 31.8 Å². The largest absolute Gasteiger partial charge is 0.481 e. The Morgan fingerprint density at radius 1 is 1.29 bits per heavy atom. The number of nitrogens with one attached hydrogen (secondary N) is 1. The van der Waals surface area contributed by atoms with Gasteiger partial charge in [-0.3, -0.25) is 14.7 Å². The number of fused-ring (bicyclic) bond motifs is 1. The number of benzene rings is 1. The number of likely N-dealkylation sites (tertiary alicyclic amines) is 2. The van der Waals surface area contributed by atoms with Crippen molar-refractivity contribution in [2.45, 2.75) is 38.8 Å². The number of thiazole rings is 1. The zero-order valence-electron chi connectivity index (χ0n) is 23.2. The predicted molar refractivity (Wildman–Crippen MR) is 146 cm³/mol. The van der Waals surface area contributed by atoms with Gasteiger partial charge >= 0.3 is 11.9 Å². The van der Waals surface area contributed by atoms with Crippen LogP contribution < -0.4 is 5.32 Å². The highest BCUT2D eigenvalue weighted by Gasteiger charge is 2.58. The van der Waals surface area contributed by atoms with Crippen molar-refractivity contribution in [3.05, 3.63) is 63.0 Å². The van der Waals surface area contributed by atoms with Crippen LogP contribution in [0.4, 0.5) is 13.2 Å². The molecule has 0 bridgehead atoms. The molecule has 4 heterocycles. The zero-order chi connectivity index (χ0) is 29.7. The maximum Gasteiger partial charge on any atom is 0.338 e. The number of alkyl halides is 2. The molecule has 3 aliphatic heterocycles. The van der Waals surface area contributed by atoms with Gasteiger partial charge in [0.1, 0.15) is 11.9 Å². The quantitative estimate of drug-likeness (QED) is 0.450. The SMILES string of the molecule is COC(=O)C1=C(CN2CC(F)(F)[C@@H]3CN(CC(C)(C)C(=O)O)C[C@@H]32)NC(c2nccs2)=NC1c1cccc(F)c1C. The van der Waals surface area contributed by atoms with Gasteiger partial charge in [-0.1, -0.05) is 12.1 Å². The summed E-state index contributed by atoms with van der Waals surface area (Å²) >= 11 is 1.31. The third-order valence-electron chi connectivity index (χ3n) is 8.12. The molecule has 1 unspecified atom stereocenters. The zero-order valence-corrected chi connectivity index (χ0v) is 24.0. The van der Waals surface area contributed by atoms with Crippen LogP contribution in [0.5, 0.6) is 0 Å². The van der Waals surface area contributed by atoms with Crippen LogP contribution in [0.2, 0.25) is 0 Å². The van der Waals surface area contributed by atoms with Gasteiger partial charge < -0.3 is 20.1 Å². The first kappa shape index (κ1) is 29.2. The minimum absolute atomic E-state index is 0.0490. The second kappa shape index (κ2) is 10.8. The molecule has 2 aromatic rings. The number of halogens is 3. The number of carbonyl (C=O) groups is 2. The second-order valence-corrected chi connectivity index (χ2v) is 12.3. The van der Waals surface area contributed by atoms with Gasteiger partial charge in [0.05, 0.1) is 30.6 Å². The molecule has 0 aliphatic carbocycles. The van der Waals surface area contributed by atoms with E-state index >= 15 is 8.78 Å². The fourth-order valence-corrected chi connectivity index (χ4v) is 6.54. The first-order chi connectivity index (χ1) is 19.3. The summed E-state index contributed by atoms with van der Waals surface area (Å²) in [7, 11) is 1.22. The van der Waals surface area contributed by atoms with Crippen molar-refractivity contribution in [2.75, 3.05) is 39.8 Å². The van der Waals surface area contributed by atoms with Crippen molar-refractivity contribution >= 4 is 29.1 Å². The van der Waals surface area contributed by atoms with Crippen LogP contribution >= 0.6 is 11.3 Å². The Labute approximate surface area is 239 Å². The minimum Gasteiger partial charge on any atom is -0.481 e. The molecule has 5 rings (SSSR count). The van der Waals surface area contributed by atoms with E-state index in [0.29, 0.717) is 27.7 Å². The second-order valence-electron chi connectivity index (χ2n) is 11.4. The number of carbonyl (C=O) groups excluding carboxylic acids is 1. The van der Waals surface area contributed by atoms with E-state index in [0.717, 1.165) is 0 Å². The van der Waals surface area contributed by atoms with Gasteiger partial charge in [-0.25, -0.2) is 22.9 Å². The molecule has 2 saturated heterocycles. The number of hydrogen-bond donors (Lipinski definition) is 2. The average molecular weight is 592 g/mol. The molecule has 0 saturated carbocycles. The lowest BCUT2D eigenvalue weighted by Gasteiger charge is -2.32. The van der Waals surface area contributed by atoms with Gasteiger partial charge in [0, 0.05) is 49.5 Å². The number of amidine groups is 1. The summed E-state index contributed by atoms with van der Waals surface area (Å²) in [5, 5.41) is 15.0. The summed E-state index contributed by atoms with van der Waals surface area (Å²) in [5.41, 5.74) is 0.0922. The molecule has 0 amide bonds. The molecule has 41 heavy (non-hydrogen) atoms. The third kappa shape index (κ3) is 5.50. The van der Waals surface area contributed by atoms with E-state index in [1.165, 1.54) is 30.6 Å². The molecular formula is C28H32F3N5O4S. The lowest BCUT2D eigenvalue weighted by atomic mass is 9.92. The van der Waals surface area contributed by atoms with Crippen LogP contribution in [-0.2, 0) is 14.3 Å². The van der Waals surface area contributed by atoms with E-state index in [1.807, 2.05) is 0 Å². The number of rotatable bonds is 8. The Hall–Kier alpha value is -3.29. The van der Waals surface area contributed by atoms with Gasteiger partial charge in [-0.15, -0.1) is 11.3 Å². The summed E-state index contributed by atoms with van der Waals surface area (Å²) in [6.45, 7) is 4.64. The van der Waals surface area contributed by atoms with Crippen molar-refractivity contribution in [3.8, 4) is 0 Å². The van der Waals surface area contributed by atoms with Gasteiger partial charge in [0.2, 0.25) is 0 Å². The summed E-state index contributed by atoms with van der Waals surface area (Å²) in [5.74, 6) is -5.83.